The second-order valence-electron chi connectivity index (χ2n) is 7.92. The largest absolute Gasteiger partial charge is 0.354 e. The summed E-state index contributed by atoms with van der Waals surface area (Å²) in [7, 11) is 1.45. The third-order valence-electron chi connectivity index (χ3n) is 5.58. The Morgan fingerprint density at radius 3 is 2.82 bits per heavy atom. The van der Waals surface area contributed by atoms with E-state index in [2.05, 4.69) is 15.7 Å². The summed E-state index contributed by atoms with van der Waals surface area (Å²) in [5, 5.41) is 19.5. The van der Waals surface area contributed by atoms with Crippen molar-refractivity contribution < 1.29 is 28.0 Å². The molecule has 3 heterocycles. The number of urea groups is 1. The zero-order valence-corrected chi connectivity index (χ0v) is 18.4. The van der Waals surface area contributed by atoms with Crippen LogP contribution in [0.25, 0.3) is 0 Å². The van der Waals surface area contributed by atoms with Crippen molar-refractivity contribution >= 4 is 23.5 Å². The summed E-state index contributed by atoms with van der Waals surface area (Å²) in [5.74, 6) is -2.87. The van der Waals surface area contributed by atoms with E-state index in [-0.39, 0.29) is 43.5 Å². The van der Waals surface area contributed by atoms with Crippen LogP contribution in [0.5, 0.6) is 0 Å². The highest BCUT2D eigenvalue weighted by molar-refractivity contribution is 5.94. The predicted molar refractivity (Wildman–Crippen MR) is 112 cm³/mol. The predicted octanol–water partition coefficient (Wildman–Crippen LogP) is 1.15. The fraction of sp³-hybridized carbons (Fsp3) is 0.381. The number of hydrogen-bond donors (Lipinski definition) is 2. The second-order valence-corrected chi connectivity index (χ2v) is 7.92. The fourth-order valence-electron chi connectivity index (χ4n) is 3.92. The van der Waals surface area contributed by atoms with Crippen LogP contribution in [-0.4, -0.2) is 63.8 Å². The molecule has 0 aliphatic carbocycles. The standard InChI is InChI=1S/C21H21F2N7O4/c1-11(31)25-8-12-9-30-19(20(32)28(2)34-12)14-10-29(6-5-16(14)27-30)21(33)26-17-4-3-15(22)13(7-24)18(17)23/h3-4,12H,5-6,8-10H2,1-2H3,(H,25,31)(H,26,33)/t12-/m1/s1. The van der Waals surface area contributed by atoms with Gasteiger partial charge in [-0.05, 0) is 12.1 Å². The number of nitrogens with zero attached hydrogens (tertiary/aromatic N) is 5. The number of aromatic nitrogens is 2. The highest BCUT2D eigenvalue weighted by Gasteiger charge is 2.35. The number of halogens is 2. The number of rotatable bonds is 3. The van der Waals surface area contributed by atoms with E-state index in [0.717, 1.165) is 17.2 Å². The van der Waals surface area contributed by atoms with E-state index in [4.69, 9.17) is 10.1 Å². The Morgan fingerprint density at radius 2 is 2.12 bits per heavy atom. The average molecular weight is 473 g/mol. The zero-order valence-electron chi connectivity index (χ0n) is 18.4. The SMILES string of the molecule is CC(=O)NC[C@@H]1Cn2nc3c(c2C(=O)N(C)O1)CN(C(=O)Nc1ccc(F)c(C#N)c1F)CC3. The third kappa shape index (κ3) is 4.27. The Labute approximate surface area is 192 Å². The second kappa shape index (κ2) is 9.06. The first kappa shape index (κ1) is 23.1. The van der Waals surface area contributed by atoms with Gasteiger partial charge < -0.3 is 15.5 Å². The van der Waals surface area contributed by atoms with Gasteiger partial charge in [0, 0.05) is 39.0 Å². The number of hydrogen-bond acceptors (Lipinski definition) is 6. The summed E-state index contributed by atoms with van der Waals surface area (Å²) < 4.78 is 29.5. The Balaban J connectivity index is 1.56. The normalized spacial score (nSPS) is 17.4. The minimum atomic E-state index is -1.16. The molecule has 4 rings (SSSR count). The maximum absolute atomic E-state index is 14.4. The maximum atomic E-state index is 14.4. The summed E-state index contributed by atoms with van der Waals surface area (Å²) in [6.45, 7) is 2.05. The van der Waals surface area contributed by atoms with E-state index in [1.54, 1.807) is 0 Å². The van der Waals surface area contributed by atoms with Crippen molar-refractivity contribution in [3.05, 3.63) is 46.3 Å². The molecule has 13 heteroatoms. The number of fused-ring (bicyclic) bond motifs is 3. The Hall–Kier alpha value is -4.05. The molecule has 2 aliphatic rings. The van der Waals surface area contributed by atoms with Gasteiger partial charge in [0.05, 0.1) is 24.5 Å². The number of hydroxylamine groups is 2. The first-order valence-electron chi connectivity index (χ1n) is 10.4. The van der Waals surface area contributed by atoms with Crippen molar-refractivity contribution in [1.82, 2.24) is 25.1 Å². The highest BCUT2D eigenvalue weighted by atomic mass is 19.1. The molecule has 2 aromatic rings. The molecule has 2 N–H and O–H groups in total. The monoisotopic (exact) mass is 473 g/mol. The molecule has 2 aliphatic heterocycles. The molecular weight excluding hydrogens is 452 g/mol. The molecule has 178 valence electrons. The highest BCUT2D eigenvalue weighted by Crippen LogP contribution is 2.27. The lowest BCUT2D eigenvalue weighted by atomic mass is 10.1. The van der Waals surface area contributed by atoms with Gasteiger partial charge in [-0.3, -0.25) is 19.1 Å². The van der Waals surface area contributed by atoms with E-state index in [9.17, 15) is 23.2 Å². The number of carbonyl (C=O) groups excluding carboxylic acids is 3. The van der Waals surface area contributed by atoms with Crippen LogP contribution in [0, 0.1) is 23.0 Å². The van der Waals surface area contributed by atoms with Crippen molar-refractivity contribution in [2.75, 3.05) is 25.5 Å². The Morgan fingerprint density at radius 1 is 1.35 bits per heavy atom. The van der Waals surface area contributed by atoms with Crippen LogP contribution >= 0.6 is 0 Å². The molecule has 0 radical (unpaired) electrons. The van der Waals surface area contributed by atoms with Crippen molar-refractivity contribution in [2.24, 2.45) is 0 Å². The van der Waals surface area contributed by atoms with Crippen LogP contribution < -0.4 is 10.6 Å². The van der Waals surface area contributed by atoms with Crippen LogP contribution in [0.15, 0.2) is 12.1 Å². The summed E-state index contributed by atoms with van der Waals surface area (Å²) in [5.41, 5.74) is 0.343. The molecule has 0 spiro atoms. The average Bonchev–Trinajstić information content (AvgIpc) is 3.10. The lowest BCUT2D eigenvalue weighted by Crippen LogP contribution is -2.40. The van der Waals surface area contributed by atoms with Gasteiger partial charge >= 0.3 is 6.03 Å². The third-order valence-corrected chi connectivity index (χ3v) is 5.58. The van der Waals surface area contributed by atoms with E-state index in [0.29, 0.717) is 17.7 Å². The minimum absolute atomic E-state index is 0.0281. The van der Waals surface area contributed by atoms with Crippen molar-refractivity contribution in [2.45, 2.75) is 32.5 Å². The summed E-state index contributed by atoms with van der Waals surface area (Å²) in [6, 6.07) is 2.69. The van der Waals surface area contributed by atoms with E-state index >= 15 is 0 Å². The maximum Gasteiger partial charge on any atom is 0.322 e. The van der Waals surface area contributed by atoms with Crippen LogP contribution in [-0.2, 0) is 29.1 Å². The van der Waals surface area contributed by atoms with Gasteiger partial charge in [0.15, 0.2) is 5.82 Å². The zero-order chi connectivity index (χ0) is 24.6. The van der Waals surface area contributed by atoms with Gasteiger partial charge in [0.25, 0.3) is 5.91 Å². The van der Waals surface area contributed by atoms with Gasteiger partial charge in [-0.25, -0.2) is 18.6 Å². The first-order chi connectivity index (χ1) is 16.2. The molecular formula is C21H21F2N7O4. The van der Waals surface area contributed by atoms with Crippen LogP contribution in [0.3, 0.4) is 0 Å². The van der Waals surface area contributed by atoms with Gasteiger partial charge in [0.2, 0.25) is 5.91 Å². The topological polar surface area (TPSA) is 133 Å². The number of benzene rings is 1. The first-order valence-corrected chi connectivity index (χ1v) is 10.4. The lowest BCUT2D eigenvalue weighted by Gasteiger charge is -2.27. The van der Waals surface area contributed by atoms with Gasteiger partial charge in [-0.1, -0.05) is 0 Å². The molecule has 0 saturated carbocycles. The summed E-state index contributed by atoms with van der Waals surface area (Å²) in [4.78, 5) is 44.0. The summed E-state index contributed by atoms with van der Waals surface area (Å²) in [6.07, 6.45) is -0.178. The molecule has 1 aromatic heterocycles. The van der Waals surface area contributed by atoms with Gasteiger partial charge in [0.1, 0.15) is 29.2 Å². The van der Waals surface area contributed by atoms with Crippen molar-refractivity contribution in [1.29, 1.82) is 5.26 Å². The smallest absolute Gasteiger partial charge is 0.322 e. The molecule has 34 heavy (non-hydrogen) atoms. The lowest BCUT2D eigenvalue weighted by molar-refractivity contribution is -0.148. The number of amides is 4. The molecule has 0 unspecified atom stereocenters. The fourth-order valence-corrected chi connectivity index (χ4v) is 3.92. The van der Waals surface area contributed by atoms with E-state index < -0.39 is 35.2 Å². The number of carbonyl (C=O) groups is 3. The van der Waals surface area contributed by atoms with Gasteiger partial charge in [-0.15, -0.1) is 0 Å². The number of nitriles is 1. The van der Waals surface area contributed by atoms with Crippen molar-refractivity contribution in [3.8, 4) is 6.07 Å². The van der Waals surface area contributed by atoms with E-state index in [1.807, 2.05) is 0 Å². The number of nitrogens with one attached hydrogen (secondary N) is 2. The Bertz CT molecular complexity index is 1220. The van der Waals surface area contributed by atoms with Crippen LogP contribution in [0.2, 0.25) is 0 Å². The molecule has 1 aromatic carbocycles. The molecule has 11 nitrogen and oxygen atoms in total. The van der Waals surface area contributed by atoms with Crippen molar-refractivity contribution in [3.63, 3.8) is 0 Å². The Kier molecular flexibility index (Phi) is 6.16. The van der Waals surface area contributed by atoms with Gasteiger partial charge in [-0.2, -0.15) is 10.4 Å². The number of anilines is 1. The van der Waals surface area contributed by atoms with Crippen LogP contribution in [0.1, 0.15) is 34.2 Å². The molecule has 1 atom stereocenters. The summed E-state index contributed by atoms with van der Waals surface area (Å²) >= 11 is 0. The van der Waals surface area contributed by atoms with E-state index in [1.165, 1.54) is 29.6 Å². The quantitative estimate of drug-likeness (QED) is 0.687. The molecule has 0 bridgehead atoms. The molecule has 0 saturated heterocycles. The molecule has 4 amide bonds. The van der Waals surface area contributed by atoms with Crippen LogP contribution in [0.4, 0.5) is 19.3 Å². The minimum Gasteiger partial charge on any atom is -0.354 e. The molecule has 0 fully saturated rings.